The third-order valence-electron chi connectivity index (χ3n) is 4.42. The van der Waals surface area contributed by atoms with Gasteiger partial charge in [-0.1, -0.05) is 65.8 Å². The minimum atomic E-state index is -6.72. The highest BCUT2D eigenvalue weighted by Crippen LogP contribution is 2.36. The Morgan fingerprint density at radius 1 is 0.556 bits per heavy atom. The molecule has 0 heterocycles. The first-order chi connectivity index (χ1) is 15.9. The van der Waals surface area contributed by atoms with E-state index in [4.69, 9.17) is 0 Å². The summed E-state index contributed by atoms with van der Waals surface area (Å²) in [5.74, 6) is 0. The lowest BCUT2D eigenvalue weighted by atomic mass is 9.87. The van der Waals surface area contributed by atoms with Gasteiger partial charge in [0.15, 0.2) is 27.2 Å². The summed E-state index contributed by atoms with van der Waals surface area (Å²) in [7, 11) is -13.4. The molecular weight excluding hydrogens is 647 g/mol. The van der Waals surface area contributed by atoms with Crippen molar-refractivity contribution >= 4 is 20.0 Å². The second kappa shape index (κ2) is 11.2. The third-order valence-corrected chi connectivity index (χ3v) is 9.84. The van der Waals surface area contributed by atoms with Gasteiger partial charge in [0.25, 0.3) is 0 Å². The Morgan fingerprint density at radius 2 is 0.806 bits per heavy atom. The normalized spacial score (nSPS) is 13.7. The zero-order chi connectivity index (χ0) is 28.4. The first kappa shape index (κ1) is 32.6. The fourth-order valence-corrected chi connectivity index (χ4v) is 6.23. The van der Waals surface area contributed by atoms with Gasteiger partial charge >= 0.3 is 32.2 Å². The molecule has 2 rings (SSSR count). The van der Waals surface area contributed by atoms with Crippen LogP contribution in [0.2, 0.25) is 0 Å². The molecule has 0 aliphatic carbocycles. The number of halogens is 7. The van der Waals surface area contributed by atoms with Gasteiger partial charge in [0.1, 0.15) is 0 Å². The van der Waals surface area contributed by atoms with E-state index in [-0.39, 0.29) is 32.0 Å². The molecule has 0 spiro atoms. The quantitative estimate of drug-likeness (QED) is 0.368. The Balaban J connectivity index is 0.000000384. The summed E-state index contributed by atoms with van der Waals surface area (Å²) in [6.45, 7) is 13.6. The molecule has 0 aliphatic rings. The summed E-state index contributed by atoms with van der Waals surface area (Å²) in [5, 5.41) is 0. The lowest BCUT2D eigenvalue weighted by Gasteiger charge is -2.22. The van der Waals surface area contributed by atoms with Crippen molar-refractivity contribution in [3.63, 3.8) is 0 Å². The van der Waals surface area contributed by atoms with Crippen LogP contribution < -0.4 is 21.2 Å². The largest absolute Gasteiger partial charge is 0.480 e. The standard InChI is InChI=1S/C20H26I.C2F6NO4S2/c1-19(2,3)15-7-11-17(12-8-15)21-18-13-9-16(10-14-18)20(4,5)6;3-1(4,5)14(10,11)9-15(12,13)2(6,7)8/h7-14H,1-6H3;/q+1;-1. The number of alkyl halides is 6. The maximum atomic E-state index is 11.4. The van der Waals surface area contributed by atoms with E-state index in [0.717, 1.165) is 4.13 Å². The SMILES string of the molecule is CC(C)(C)c1ccc([I+]c2ccc(C(C)(C)C)cc2)cc1.O=S(=O)([N-]S(=O)(=O)C(F)(F)F)C(F)(F)F. The second-order valence-electron chi connectivity index (χ2n) is 9.52. The first-order valence-electron chi connectivity index (χ1n) is 10.1. The smallest absolute Gasteiger partial charge is 0.421 e. The van der Waals surface area contributed by atoms with Crippen LogP contribution >= 0.6 is 0 Å². The van der Waals surface area contributed by atoms with Gasteiger partial charge < -0.3 is 4.13 Å². The summed E-state index contributed by atoms with van der Waals surface area (Å²) in [5.41, 5.74) is -9.09. The van der Waals surface area contributed by atoms with E-state index in [9.17, 15) is 43.2 Å². The van der Waals surface area contributed by atoms with Gasteiger partial charge in [-0.25, -0.2) is 16.8 Å². The van der Waals surface area contributed by atoms with Gasteiger partial charge in [0, 0.05) is 0 Å². The highest BCUT2D eigenvalue weighted by Gasteiger charge is 2.46. The molecule has 0 atom stereocenters. The zero-order valence-corrected chi connectivity index (χ0v) is 24.0. The maximum Gasteiger partial charge on any atom is 0.480 e. The van der Waals surface area contributed by atoms with E-state index >= 15 is 0 Å². The zero-order valence-electron chi connectivity index (χ0n) is 20.2. The van der Waals surface area contributed by atoms with E-state index in [2.05, 4.69) is 90.1 Å². The van der Waals surface area contributed by atoms with Crippen LogP contribution in [-0.4, -0.2) is 27.9 Å². The summed E-state index contributed by atoms with van der Waals surface area (Å²) in [6.07, 6.45) is 0. The van der Waals surface area contributed by atoms with Crippen molar-refractivity contribution in [2.45, 2.75) is 63.4 Å². The van der Waals surface area contributed by atoms with Crippen molar-refractivity contribution < 1.29 is 64.4 Å². The fraction of sp³-hybridized carbons (Fsp3) is 0.455. The van der Waals surface area contributed by atoms with E-state index in [0.29, 0.717) is 0 Å². The molecule has 2 aromatic rings. The minimum Gasteiger partial charge on any atom is -0.421 e. The molecule has 0 fully saturated rings. The molecule has 0 bridgehead atoms. The monoisotopic (exact) mass is 673 g/mol. The third kappa shape index (κ3) is 9.49. The van der Waals surface area contributed by atoms with Gasteiger partial charge in [-0.3, -0.25) is 0 Å². The molecule has 0 saturated carbocycles. The van der Waals surface area contributed by atoms with E-state index < -0.39 is 31.1 Å². The summed E-state index contributed by atoms with van der Waals surface area (Å²) in [6, 6.07) is 18.4. The predicted molar refractivity (Wildman–Crippen MR) is 121 cm³/mol. The average Bonchev–Trinajstić information content (AvgIpc) is 2.65. The number of hydrogen-bond donors (Lipinski definition) is 0. The molecule has 0 unspecified atom stereocenters. The lowest BCUT2D eigenvalue weighted by molar-refractivity contribution is -0.597. The number of rotatable bonds is 4. The van der Waals surface area contributed by atoms with E-state index in [1.807, 2.05) is 0 Å². The van der Waals surface area contributed by atoms with Crippen LogP contribution in [0.3, 0.4) is 0 Å². The molecule has 2 aromatic carbocycles. The highest BCUT2D eigenvalue weighted by molar-refractivity contribution is 8.13. The van der Waals surface area contributed by atoms with Crippen LogP contribution in [0.15, 0.2) is 48.5 Å². The van der Waals surface area contributed by atoms with Crippen molar-refractivity contribution in [3.05, 3.63) is 70.9 Å². The molecule has 14 heteroatoms. The molecule has 0 N–H and O–H groups in total. The van der Waals surface area contributed by atoms with Crippen LogP contribution in [-0.2, 0) is 30.9 Å². The van der Waals surface area contributed by atoms with Crippen LogP contribution in [0.5, 0.6) is 0 Å². The number of nitrogens with zero attached hydrogens (tertiary/aromatic N) is 1. The Morgan fingerprint density at radius 3 is 1.00 bits per heavy atom. The maximum absolute atomic E-state index is 11.4. The molecule has 5 nitrogen and oxygen atoms in total. The van der Waals surface area contributed by atoms with Crippen molar-refractivity contribution in [2.75, 3.05) is 0 Å². The Kier molecular flexibility index (Phi) is 10.1. The minimum absolute atomic E-state index is 0.0703. The molecule has 204 valence electrons. The van der Waals surface area contributed by atoms with Crippen LogP contribution in [0.1, 0.15) is 52.7 Å². The lowest BCUT2D eigenvalue weighted by Crippen LogP contribution is -3.61. The number of benzene rings is 2. The van der Waals surface area contributed by atoms with Gasteiger partial charge in [0.2, 0.25) is 0 Å². The highest BCUT2D eigenvalue weighted by atomic mass is 127. The summed E-state index contributed by atoms with van der Waals surface area (Å²) in [4.78, 5) is 0. The molecule has 0 aromatic heterocycles. The van der Waals surface area contributed by atoms with Crippen LogP contribution in [0.25, 0.3) is 4.13 Å². The molecular formula is C22H26F6INO4S2. The van der Waals surface area contributed by atoms with Crippen molar-refractivity contribution in [1.82, 2.24) is 0 Å². The van der Waals surface area contributed by atoms with Crippen molar-refractivity contribution in [3.8, 4) is 0 Å². The number of sulfonamides is 2. The van der Waals surface area contributed by atoms with Gasteiger partial charge in [-0.15, -0.1) is 0 Å². The van der Waals surface area contributed by atoms with Gasteiger partial charge in [0.05, 0.1) is 0 Å². The molecule has 0 radical (unpaired) electrons. The topological polar surface area (TPSA) is 82.4 Å². The van der Waals surface area contributed by atoms with Crippen molar-refractivity contribution in [2.24, 2.45) is 0 Å². The Hall–Kier alpha value is -1.39. The summed E-state index contributed by atoms with van der Waals surface area (Å²) >= 11 is -0.0703. The first-order valence-corrected chi connectivity index (χ1v) is 15.1. The van der Waals surface area contributed by atoms with Crippen LogP contribution in [0.4, 0.5) is 26.3 Å². The Labute approximate surface area is 218 Å². The molecule has 0 amide bonds. The van der Waals surface area contributed by atoms with Crippen LogP contribution in [0, 0.1) is 7.14 Å². The van der Waals surface area contributed by atoms with Gasteiger partial charge in [-0.05, 0) is 46.2 Å². The van der Waals surface area contributed by atoms with Gasteiger partial charge in [-0.2, -0.15) is 26.3 Å². The molecule has 0 aliphatic heterocycles. The molecule has 36 heavy (non-hydrogen) atoms. The molecule has 0 saturated heterocycles. The van der Waals surface area contributed by atoms with E-state index in [1.54, 1.807) is 0 Å². The summed E-state index contributed by atoms with van der Waals surface area (Å²) < 4.78 is 112. The van der Waals surface area contributed by atoms with Crippen molar-refractivity contribution in [1.29, 1.82) is 0 Å². The predicted octanol–water partition coefficient (Wildman–Crippen LogP) is 3.47. The Bertz CT molecular complexity index is 1130. The number of hydrogen-bond acceptors (Lipinski definition) is 4. The second-order valence-corrected chi connectivity index (χ2v) is 16.0. The fourth-order valence-electron chi connectivity index (χ4n) is 2.37. The average molecular weight is 673 g/mol. The van der Waals surface area contributed by atoms with E-state index in [1.165, 1.54) is 18.3 Å².